The summed E-state index contributed by atoms with van der Waals surface area (Å²) >= 11 is 0. The van der Waals surface area contributed by atoms with Crippen LogP contribution in [-0.4, -0.2) is 48.9 Å². The number of piperidine rings is 1. The zero-order valence-corrected chi connectivity index (χ0v) is 14.6. The quantitative estimate of drug-likeness (QED) is 0.803. The van der Waals surface area contributed by atoms with Crippen LogP contribution >= 0.6 is 12.4 Å². The Balaban J connectivity index is 0.00000242. The lowest BCUT2D eigenvalue weighted by Gasteiger charge is -2.33. The number of rotatable bonds is 5. The molecule has 5 nitrogen and oxygen atoms in total. The molecule has 2 rings (SSSR count). The van der Waals surface area contributed by atoms with Crippen LogP contribution in [-0.2, 0) is 9.59 Å². The van der Waals surface area contributed by atoms with E-state index in [-0.39, 0.29) is 30.1 Å². The Kier molecular flexibility index (Phi) is 8.18. The summed E-state index contributed by atoms with van der Waals surface area (Å²) in [6.45, 7) is 7.22. The summed E-state index contributed by atoms with van der Waals surface area (Å²) in [4.78, 5) is 26.0. The van der Waals surface area contributed by atoms with Crippen LogP contribution in [0.15, 0.2) is 0 Å². The van der Waals surface area contributed by atoms with Crippen LogP contribution in [0.3, 0.4) is 0 Å². The van der Waals surface area contributed by atoms with Crippen molar-refractivity contribution in [2.75, 3.05) is 26.2 Å². The van der Waals surface area contributed by atoms with Gasteiger partial charge in [0.15, 0.2) is 0 Å². The van der Waals surface area contributed by atoms with Gasteiger partial charge in [0, 0.05) is 38.0 Å². The van der Waals surface area contributed by atoms with Crippen molar-refractivity contribution in [2.24, 2.45) is 11.8 Å². The molecule has 0 aliphatic carbocycles. The molecule has 0 aromatic heterocycles. The fraction of sp³-hybridized carbons (Fsp3) is 0.875. The first-order valence-electron chi connectivity index (χ1n) is 8.35. The third kappa shape index (κ3) is 5.76. The minimum absolute atomic E-state index is 0. The van der Waals surface area contributed by atoms with Crippen molar-refractivity contribution in [3.05, 3.63) is 0 Å². The van der Waals surface area contributed by atoms with Gasteiger partial charge in [-0.25, -0.2) is 0 Å². The summed E-state index contributed by atoms with van der Waals surface area (Å²) < 4.78 is 0. The minimum atomic E-state index is 0. The first-order valence-corrected chi connectivity index (χ1v) is 8.35. The number of nitrogens with one attached hydrogen (secondary N) is 2. The molecule has 2 unspecified atom stereocenters. The van der Waals surface area contributed by atoms with E-state index in [9.17, 15) is 9.59 Å². The highest BCUT2D eigenvalue weighted by atomic mass is 35.5. The molecule has 0 radical (unpaired) electrons. The number of carbonyl (C=O) groups excluding carboxylic acids is 2. The van der Waals surface area contributed by atoms with Crippen molar-refractivity contribution in [1.82, 2.24) is 15.5 Å². The normalized spacial score (nSPS) is 25.0. The molecule has 2 fully saturated rings. The van der Waals surface area contributed by atoms with Crippen LogP contribution in [0.4, 0.5) is 0 Å². The first kappa shape index (κ1) is 19.2. The Bertz CT molecular complexity index is 370. The standard InChI is InChI=1S/C16H29N3O2.ClH/c1-12(2)16(21)18-10-13-5-4-8-19(11-13)15(20)9-14-6-3-7-17-14;/h12-14,17H,3-11H2,1-2H3,(H,18,21);1H. The van der Waals surface area contributed by atoms with Gasteiger partial charge in [0.05, 0.1) is 0 Å². The zero-order chi connectivity index (χ0) is 15.2. The molecule has 2 heterocycles. The molecule has 0 saturated carbocycles. The van der Waals surface area contributed by atoms with Crippen molar-refractivity contribution in [1.29, 1.82) is 0 Å². The van der Waals surface area contributed by atoms with E-state index in [0.717, 1.165) is 38.9 Å². The van der Waals surface area contributed by atoms with E-state index in [1.54, 1.807) is 0 Å². The summed E-state index contributed by atoms with van der Waals surface area (Å²) in [7, 11) is 0. The lowest BCUT2D eigenvalue weighted by molar-refractivity contribution is -0.133. The Labute approximate surface area is 140 Å². The summed E-state index contributed by atoms with van der Waals surface area (Å²) in [6.07, 6.45) is 5.08. The van der Waals surface area contributed by atoms with Gasteiger partial charge < -0.3 is 15.5 Å². The van der Waals surface area contributed by atoms with E-state index in [2.05, 4.69) is 10.6 Å². The molecule has 0 aromatic rings. The molecule has 2 saturated heterocycles. The second kappa shape index (κ2) is 9.36. The number of carbonyl (C=O) groups is 2. The van der Waals surface area contributed by atoms with Gasteiger partial charge in [-0.1, -0.05) is 13.8 Å². The molecule has 0 bridgehead atoms. The van der Waals surface area contributed by atoms with Crippen LogP contribution in [0.1, 0.15) is 46.0 Å². The Morgan fingerprint density at radius 2 is 2.05 bits per heavy atom. The summed E-state index contributed by atoms with van der Waals surface area (Å²) in [5, 5.41) is 6.38. The smallest absolute Gasteiger partial charge is 0.224 e. The van der Waals surface area contributed by atoms with Crippen LogP contribution in [0.5, 0.6) is 0 Å². The maximum absolute atomic E-state index is 12.3. The molecule has 2 aliphatic rings. The highest BCUT2D eigenvalue weighted by Gasteiger charge is 2.26. The third-order valence-electron chi connectivity index (χ3n) is 4.54. The average molecular weight is 332 g/mol. The second-order valence-electron chi connectivity index (χ2n) is 6.75. The van der Waals surface area contributed by atoms with Crippen molar-refractivity contribution in [3.63, 3.8) is 0 Å². The molecule has 2 N–H and O–H groups in total. The lowest BCUT2D eigenvalue weighted by Crippen LogP contribution is -2.45. The largest absolute Gasteiger partial charge is 0.356 e. The minimum Gasteiger partial charge on any atom is -0.356 e. The Morgan fingerprint density at radius 3 is 2.68 bits per heavy atom. The molecule has 128 valence electrons. The number of hydrogen-bond acceptors (Lipinski definition) is 3. The topological polar surface area (TPSA) is 61.4 Å². The van der Waals surface area contributed by atoms with Gasteiger partial charge in [0.2, 0.25) is 11.8 Å². The molecule has 22 heavy (non-hydrogen) atoms. The van der Waals surface area contributed by atoms with E-state index in [1.807, 2.05) is 18.7 Å². The number of amides is 2. The van der Waals surface area contributed by atoms with Crippen molar-refractivity contribution in [2.45, 2.75) is 52.0 Å². The van der Waals surface area contributed by atoms with Crippen molar-refractivity contribution < 1.29 is 9.59 Å². The molecular weight excluding hydrogens is 302 g/mol. The van der Waals surface area contributed by atoms with Gasteiger partial charge in [0.25, 0.3) is 0 Å². The molecule has 2 amide bonds. The zero-order valence-electron chi connectivity index (χ0n) is 13.8. The maximum atomic E-state index is 12.3. The molecule has 2 atom stereocenters. The lowest BCUT2D eigenvalue weighted by atomic mass is 9.97. The summed E-state index contributed by atoms with van der Waals surface area (Å²) in [6, 6.07) is 0.374. The van der Waals surface area contributed by atoms with Crippen LogP contribution in [0.2, 0.25) is 0 Å². The van der Waals surface area contributed by atoms with Crippen LogP contribution in [0, 0.1) is 11.8 Å². The van der Waals surface area contributed by atoms with Gasteiger partial charge in [-0.05, 0) is 38.1 Å². The summed E-state index contributed by atoms with van der Waals surface area (Å²) in [5.41, 5.74) is 0. The first-order chi connectivity index (χ1) is 10.1. The second-order valence-corrected chi connectivity index (χ2v) is 6.75. The van der Waals surface area contributed by atoms with Gasteiger partial charge in [-0.15, -0.1) is 12.4 Å². The highest BCUT2D eigenvalue weighted by Crippen LogP contribution is 2.18. The fourth-order valence-electron chi connectivity index (χ4n) is 3.18. The monoisotopic (exact) mass is 331 g/mol. The molecule has 0 aromatic carbocycles. The molecule has 0 spiro atoms. The van der Waals surface area contributed by atoms with E-state index in [0.29, 0.717) is 24.9 Å². The van der Waals surface area contributed by atoms with E-state index < -0.39 is 0 Å². The third-order valence-corrected chi connectivity index (χ3v) is 4.54. The maximum Gasteiger partial charge on any atom is 0.224 e. The van der Waals surface area contributed by atoms with Crippen molar-refractivity contribution >= 4 is 24.2 Å². The summed E-state index contributed by atoms with van der Waals surface area (Å²) in [5.74, 6) is 0.810. The number of nitrogens with zero attached hydrogens (tertiary/aromatic N) is 1. The predicted molar refractivity (Wildman–Crippen MR) is 90.0 cm³/mol. The average Bonchev–Trinajstić information content (AvgIpc) is 2.97. The fourth-order valence-corrected chi connectivity index (χ4v) is 3.18. The molecule has 2 aliphatic heterocycles. The van der Waals surface area contributed by atoms with Gasteiger partial charge in [0.1, 0.15) is 0 Å². The van der Waals surface area contributed by atoms with Gasteiger partial charge in [-0.2, -0.15) is 0 Å². The number of hydrogen-bond donors (Lipinski definition) is 2. The van der Waals surface area contributed by atoms with E-state index >= 15 is 0 Å². The van der Waals surface area contributed by atoms with Gasteiger partial charge in [-0.3, -0.25) is 9.59 Å². The SMILES string of the molecule is CC(C)C(=O)NCC1CCCN(C(=O)CC2CCCN2)C1.Cl. The van der Waals surface area contributed by atoms with Crippen molar-refractivity contribution in [3.8, 4) is 0 Å². The number of likely N-dealkylation sites (tertiary alicyclic amines) is 1. The Hall–Kier alpha value is -0.810. The molecular formula is C16H30ClN3O2. The van der Waals surface area contributed by atoms with Crippen LogP contribution < -0.4 is 10.6 Å². The number of halogens is 1. The Morgan fingerprint density at radius 1 is 1.27 bits per heavy atom. The predicted octanol–water partition coefficient (Wildman–Crippen LogP) is 1.56. The van der Waals surface area contributed by atoms with Crippen LogP contribution in [0.25, 0.3) is 0 Å². The van der Waals surface area contributed by atoms with Gasteiger partial charge >= 0.3 is 0 Å². The van der Waals surface area contributed by atoms with E-state index in [4.69, 9.17) is 0 Å². The van der Waals surface area contributed by atoms with E-state index in [1.165, 1.54) is 6.42 Å². The molecule has 6 heteroatoms. The highest BCUT2D eigenvalue weighted by molar-refractivity contribution is 5.85.